The van der Waals surface area contributed by atoms with Crippen LogP contribution in [0.2, 0.25) is 0 Å². The maximum atomic E-state index is 13.6. The van der Waals surface area contributed by atoms with Gasteiger partial charge in [-0.2, -0.15) is 0 Å². The van der Waals surface area contributed by atoms with Crippen LogP contribution in [0.1, 0.15) is 48.7 Å². The fourth-order valence-corrected chi connectivity index (χ4v) is 5.27. The van der Waals surface area contributed by atoms with E-state index in [1.807, 2.05) is 90.4 Å². The molecule has 1 aliphatic rings. The lowest BCUT2D eigenvalue weighted by Crippen LogP contribution is -2.47. The van der Waals surface area contributed by atoms with Gasteiger partial charge in [0.15, 0.2) is 0 Å². The summed E-state index contributed by atoms with van der Waals surface area (Å²) in [5, 5.41) is 0. The summed E-state index contributed by atoms with van der Waals surface area (Å²) in [5.74, 6) is 0.00201. The van der Waals surface area contributed by atoms with Crippen molar-refractivity contribution in [3.8, 4) is 0 Å². The molecule has 3 aromatic rings. The van der Waals surface area contributed by atoms with Crippen LogP contribution in [0.25, 0.3) is 0 Å². The molecule has 0 saturated heterocycles. The van der Waals surface area contributed by atoms with Gasteiger partial charge in [0.05, 0.1) is 6.04 Å². The molecule has 170 valence electrons. The van der Waals surface area contributed by atoms with E-state index in [9.17, 15) is 9.59 Å². The number of fused-ring (bicyclic) bond motifs is 1. The molecule has 0 aromatic heterocycles. The van der Waals surface area contributed by atoms with Crippen molar-refractivity contribution in [2.75, 3.05) is 9.80 Å². The van der Waals surface area contributed by atoms with Crippen LogP contribution in [0.5, 0.6) is 0 Å². The highest BCUT2D eigenvalue weighted by Gasteiger charge is 2.38. The zero-order chi connectivity index (χ0) is 23.7. The van der Waals surface area contributed by atoms with Crippen LogP contribution in [0, 0.1) is 0 Å². The van der Waals surface area contributed by atoms with Crippen LogP contribution in [0.15, 0.2) is 80.1 Å². The fourth-order valence-electron chi connectivity index (χ4n) is 4.36. The predicted octanol–water partition coefficient (Wildman–Crippen LogP) is 7.90. The number of benzene rings is 3. The summed E-state index contributed by atoms with van der Waals surface area (Å²) in [6.45, 7) is 3.93. The van der Waals surface area contributed by atoms with Gasteiger partial charge in [0.25, 0.3) is 5.91 Å². The van der Waals surface area contributed by atoms with Gasteiger partial charge < -0.3 is 9.80 Å². The molecule has 2 atom stereocenters. The van der Waals surface area contributed by atoms with Crippen molar-refractivity contribution in [2.24, 2.45) is 0 Å². The molecule has 1 heterocycles. The van der Waals surface area contributed by atoms with Gasteiger partial charge in [-0.25, -0.2) is 0 Å². The lowest BCUT2D eigenvalue weighted by molar-refractivity contribution is -0.118. The molecule has 33 heavy (non-hydrogen) atoms. The van der Waals surface area contributed by atoms with E-state index in [0.717, 1.165) is 30.4 Å². The van der Waals surface area contributed by atoms with Crippen LogP contribution < -0.4 is 9.80 Å². The van der Waals surface area contributed by atoms with E-state index >= 15 is 0 Å². The molecule has 0 radical (unpaired) electrons. The van der Waals surface area contributed by atoms with Crippen LogP contribution in [-0.4, -0.2) is 17.9 Å². The highest BCUT2D eigenvalue weighted by Crippen LogP contribution is 2.44. The summed E-state index contributed by atoms with van der Waals surface area (Å²) in [7, 11) is 0. The first-order chi connectivity index (χ1) is 15.8. The number of hydrogen-bond donors (Lipinski definition) is 0. The smallest absolute Gasteiger partial charge is 0.258 e. The van der Waals surface area contributed by atoms with E-state index in [0.29, 0.717) is 18.4 Å². The Bertz CT molecular complexity index is 1180. The molecule has 7 heteroatoms. The normalized spacial score (nSPS) is 17.4. The number of hydrogen-bond acceptors (Lipinski definition) is 2. The summed E-state index contributed by atoms with van der Waals surface area (Å²) in [4.78, 5) is 30.5. The number of amides is 2. The largest absolute Gasteiger partial charge is 0.305 e. The fraction of sp³-hybridized carbons (Fsp3) is 0.231. The average molecular weight is 635 g/mol. The van der Waals surface area contributed by atoms with Gasteiger partial charge in [-0.15, -0.1) is 0 Å². The third kappa shape index (κ3) is 4.96. The van der Waals surface area contributed by atoms with E-state index in [2.05, 4.69) is 47.8 Å². The average Bonchev–Trinajstić information content (AvgIpc) is 2.80. The summed E-state index contributed by atoms with van der Waals surface area (Å²) in [5.41, 5.74) is 3.27. The van der Waals surface area contributed by atoms with Crippen molar-refractivity contribution >= 4 is 71.0 Å². The maximum Gasteiger partial charge on any atom is 0.258 e. The minimum absolute atomic E-state index is 0.0472. The van der Waals surface area contributed by atoms with E-state index in [1.165, 1.54) is 0 Å². The van der Waals surface area contributed by atoms with Gasteiger partial charge >= 0.3 is 0 Å². The molecule has 0 spiro atoms. The molecule has 0 fully saturated rings. The zero-order valence-corrected chi connectivity index (χ0v) is 23.0. The molecule has 0 bridgehead atoms. The highest BCUT2D eigenvalue weighted by atomic mass is 79.9. The van der Waals surface area contributed by atoms with Gasteiger partial charge in [-0.1, -0.05) is 54.7 Å². The van der Waals surface area contributed by atoms with E-state index in [-0.39, 0.29) is 23.9 Å². The third-order valence-electron chi connectivity index (χ3n) is 5.91. The lowest BCUT2D eigenvalue weighted by atomic mass is 9.89. The van der Waals surface area contributed by atoms with Gasteiger partial charge in [0.1, 0.15) is 0 Å². The zero-order valence-electron chi connectivity index (χ0n) is 18.3. The Morgan fingerprint density at radius 2 is 1.48 bits per heavy atom. The standard InChI is InChI=1S/C26H23Br3N2O2/c1-3-25(32)31(21-11-8-19(28)9-12-21)24-14-16(2)30(23-13-10-20(29)15-22(23)24)26(33)17-4-6-18(27)7-5-17/h4-13,15-16,24H,3,14H2,1-2H3/t16-,24+/m0/s1. The molecule has 0 N–H and O–H groups in total. The van der Waals surface area contributed by atoms with E-state index in [4.69, 9.17) is 0 Å². The van der Waals surface area contributed by atoms with Crippen molar-refractivity contribution < 1.29 is 9.59 Å². The number of anilines is 2. The van der Waals surface area contributed by atoms with Crippen LogP contribution >= 0.6 is 47.8 Å². The summed E-state index contributed by atoms with van der Waals surface area (Å²) < 4.78 is 2.80. The van der Waals surface area contributed by atoms with Crippen molar-refractivity contribution in [1.82, 2.24) is 0 Å². The summed E-state index contributed by atoms with van der Waals surface area (Å²) >= 11 is 10.5. The lowest BCUT2D eigenvalue weighted by Gasteiger charge is -2.43. The Labute approximate surface area is 219 Å². The first kappa shape index (κ1) is 24.2. The topological polar surface area (TPSA) is 40.6 Å². The maximum absolute atomic E-state index is 13.6. The minimum Gasteiger partial charge on any atom is -0.305 e. The molecule has 0 aliphatic carbocycles. The first-order valence-corrected chi connectivity index (χ1v) is 13.1. The number of carbonyl (C=O) groups is 2. The Balaban J connectivity index is 1.82. The Hall–Kier alpha value is -1.96. The second-order valence-corrected chi connectivity index (χ2v) is 10.8. The van der Waals surface area contributed by atoms with E-state index < -0.39 is 0 Å². The molecule has 0 unspecified atom stereocenters. The van der Waals surface area contributed by atoms with Crippen LogP contribution in [0.4, 0.5) is 11.4 Å². The Kier molecular flexibility index (Phi) is 7.41. The Morgan fingerprint density at radius 3 is 2.09 bits per heavy atom. The number of halogens is 3. The Morgan fingerprint density at radius 1 is 0.909 bits per heavy atom. The highest BCUT2D eigenvalue weighted by molar-refractivity contribution is 9.11. The molecule has 4 nitrogen and oxygen atoms in total. The molecule has 2 amide bonds. The third-order valence-corrected chi connectivity index (χ3v) is 7.46. The van der Waals surface area contributed by atoms with Crippen LogP contribution in [-0.2, 0) is 4.79 Å². The number of rotatable bonds is 4. The number of nitrogens with zero attached hydrogens (tertiary/aromatic N) is 2. The quantitative estimate of drug-likeness (QED) is 0.293. The van der Waals surface area contributed by atoms with Gasteiger partial charge in [0.2, 0.25) is 5.91 Å². The molecular formula is C26H23Br3N2O2. The summed E-state index contributed by atoms with van der Waals surface area (Å²) in [6, 6.07) is 20.9. The molecule has 1 aliphatic heterocycles. The summed E-state index contributed by atoms with van der Waals surface area (Å²) in [6.07, 6.45) is 1.03. The first-order valence-electron chi connectivity index (χ1n) is 10.8. The van der Waals surface area contributed by atoms with Crippen molar-refractivity contribution in [3.05, 3.63) is 91.3 Å². The van der Waals surface area contributed by atoms with Crippen LogP contribution in [0.3, 0.4) is 0 Å². The molecule has 4 rings (SSSR count). The molecule has 0 saturated carbocycles. The van der Waals surface area contributed by atoms with Gasteiger partial charge in [-0.3, -0.25) is 9.59 Å². The van der Waals surface area contributed by atoms with Crippen molar-refractivity contribution in [1.29, 1.82) is 0 Å². The second kappa shape index (κ2) is 10.1. The van der Waals surface area contributed by atoms with Gasteiger partial charge in [-0.05, 0) is 85.6 Å². The predicted molar refractivity (Wildman–Crippen MR) is 144 cm³/mol. The van der Waals surface area contributed by atoms with Crippen molar-refractivity contribution in [3.63, 3.8) is 0 Å². The number of carbonyl (C=O) groups excluding carboxylic acids is 2. The SMILES string of the molecule is CCC(=O)N(c1ccc(Br)cc1)[C@@H]1C[C@H](C)N(C(=O)c2ccc(Br)cc2)c2ccc(Br)cc21. The second-order valence-electron chi connectivity index (χ2n) is 8.08. The molecule has 3 aromatic carbocycles. The molecular weight excluding hydrogens is 612 g/mol. The minimum atomic E-state index is -0.185. The van der Waals surface area contributed by atoms with Crippen molar-refractivity contribution in [2.45, 2.75) is 38.8 Å². The van der Waals surface area contributed by atoms with Gasteiger partial charge in [0, 0.05) is 42.8 Å². The monoisotopic (exact) mass is 632 g/mol. The van der Waals surface area contributed by atoms with E-state index in [1.54, 1.807) is 0 Å².